The maximum Gasteiger partial charge on any atom is 0.410 e. The molecule has 0 spiro atoms. The van der Waals surface area contributed by atoms with E-state index < -0.39 is 11.7 Å². The molecule has 2 atom stereocenters. The van der Waals surface area contributed by atoms with Gasteiger partial charge in [-0.15, -0.1) is 0 Å². The van der Waals surface area contributed by atoms with E-state index >= 15 is 0 Å². The average Bonchev–Trinajstić information content (AvgIpc) is 2.72. The van der Waals surface area contributed by atoms with E-state index in [0.717, 1.165) is 32.5 Å². The van der Waals surface area contributed by atoms with E-state index in [1.54, 1.807) is 4.90 Å². The van der Waals surface area contributed by atoms with Crippen LogP contribution in [0.15, 0.2) is 0 Å². The van der Waals surface area contributed by atoms with Crippen LogP contribution in [-0.2, 0) is 9.47 Å². The molecule has 128 valence electrons. The molecule has 1 amide bonds. The van der Waals surface area contributed by atoms with Crippen molar-refractivity contribution in [1.29, 1.82) is 0 Å². The minimum absolute atomic E-state index is 0.00135. The van der Waals surface area contributed by atoms with Crippen LogP contribution in [-0.4, -0.2) is 77.6 Å². The lowest BCUT2D eigenvalue weighted by Gasteiger charge is -2.43. The van der Waals surface area contributed by atoms with Gasteiger partial charge in [0.05, 0.1) is 24.8 Å². The van der Waals surface area contributed by atoms with E-state index in [-0.39, 0.29) is 18.2 Å². The molecule has 22 heavy (non-hydrogen) atoms. The first kappa shape index (κ1) is 17.5. The van der Waals surface area contributed by atoms with Gasteiger partial charge in [-0.1, -0.05) is 13.3 Å². The number of β-amino-alcohol motifs (C(OH)–C–C–N with tert-alkyl or cyclic N) is 1. The minimum atomic E-state index is -0.510. The second-order valence-electron chi connectivity index (χ2n) is 7.32. The zero-order chi connectivity index (χ0) is 16.3. The van der Waals surface area contributed by atoms with Crippen LogP contribution in [0.4, 0.5) is 4.79 Å². The number of rotatable bonds is 5. The fourth-order valence-corrected chi connectivity index (χ4v) is 2.84. The van der Waals surface area contributed by atoms with Crippen LogP contribution < -0.4 is 0 Å². The number of amides is 1. The molecule has 0 aliphatic carbocycles. The molecule has 6 heteroatoms. The van der Waals surface area contributed by atoms with Crippen molar-refractivity contribution in [2.45, 2.75) is 64.4 Å². The Morgan fingerprint density at radius 2 is 1.91 bits per heavy atom. The van der Waals surface area contributed by atoms with Crippen LogP contribution in [0.5, 0.6) is 0 Å². The average molecular weight is 314 g/mol. The first-order chi connectivity index (χ1) is 10.3. The van der Waals surface area contributed by atoms with Crippen LogP contribution >= 0.6 is 0 Å². The van der Waals surface area contributed by atoms with E-state index in [9.17, 15) is 9.90 Å². The van der Waals surface area contributed by atoms with Crippen molar-refractivity contribution in [2.24, 2.45) is 0 Å². The summed E-state index contributed by atoms with van der Waals surface area (Å²) in [4.78, 5) is 15.9. The summed E-state index contributed by atoms with van der Waals surface area (Å²) in [6.07, 6.45) is 1.65. The van der Waals surface area contributed by atoms with Crippen LogP contribution in [0.25, 0.3) is 0 Å². The highest BCUT2D eigenvalue weighted by Gasteiger charge is 2.43. The molecule has 2 aliphatic heterocycles. The number of nitrogens with zero attached hydrogens (tertiary/aromatic N) is 2. The molecule has 0 unspecified atom stereocenters. The highest BCUT2D eigenvalue weighted by Crippen LogP contribution is 2.24. The lowest BCUT2D eigenvalue weighted by molar-refractivity contribution is -0.0845. The predicted molar refractivity (Wildman–Crippen MR) is 83.8 cm³/mol. The van der Waals surface area contributed by atoms with Gasteiger partial charge in [-0.3, -0.25) is 4.90 Å². The van der Waals surface area contributed by atoms with Gasteiger partial charge in [-0.25, -0.2) is 4.79 Å². The summed E-state index contributed by atoms with van der Waals surface area (Å²) in [5, 5.41) is 10.2. The SMILES string of the molecule is CCCCOC1CN([C@@H]2CN(C(=O)OC(C)(C)C)C[C@H]2O)C1. The Kier molecular flexibility index (Phi) is 5.69. The fraction of sp³-hybridized carbons (Fsp3) is 0.938. The highest BCUT2D eigenvalue weighted by atomic mass is 16.6. The normalized spacial score (nSPS) is 27.0. The molecule has 0 bridgehead atoms. The Morgan fingerprint density at radius 1 is 1.23 bits per heavy atom. The Hall–Kier alpha value is -0.850. The van der Waals surface area contributed by atoms with Crippen LogP contribution in [0.1, 0.15) is 40.5 Å². The van der Waals surface area contributed by atoms with Gasteiger partial charge in [-0.2, -0.15) is 0 Å². The monoisotopic (exact) mass is 314 g/mol. The molecular weight excluding hydrogens is 284 g/mol. The summed E-state index contributed by atoms with van der Waals surface area (Å²) in [6.45, 7) is 11.1. The topological polar surface area (TPSA) is 62.2 Å². The number of hydrogen-bond acceptors (Lipinski definition) is 5. The van der Waals surface area contributed by atoms with E-state index in [0.29, 0.717) is 13.1 Å². The number of aliphatic hydroxyl groups is 1. The Morgan fingerprint density at radius 3 is 2.50 bits per heavy atom. The zero-order valence-electron chi connectivity index (χ0n) is 14.2. The van der Waals surface area contributed by atoms with Crippen LogP contribution in [0.3, 0.4) is 0 Å². The Balaban J connectivity index is 1.74. The number of aliphatic hydroxyl groups excluding tert-OH is 1. The maximum absolute atomic E-state index is 12.1. The number of ether oxygens (including phenoxy) is 2. The van der Waals surface area contributed by atoms with Crippen molar-refractivity contribution < 1.29 is 19.4 Å². The fourth-order valence-electron chi connectivity index (χ4n) is 2.84. The second kappa shape index (κ2) is 7.15. The van der Waals surface area contributed by atoms with Gasteiger partial charge in [0, 0.05) is 26.2 Å². The van der Waals surface area contributed by atoms with Gasteiger partial charge in [-0.05, 0) is 27.2 Å². The van der Waals surface area contributed by atoms with Crippen molar-refractivity contribution in [3.63, 3.8) is 0 Å². The van der Waals surface area contributed by atoms with E-state index in [2.05, 4.69) is 11.8 Å². The van der Waals surface area contributed by atoms with Crippen LogP contribution in [0, 0.1) is 0 Å². The van der Waals surface area contributed by atoms with E-state index in [1.165, 1.54) is 0 Å². The molecule has 0 aromatic heterocycles. The Bertz CT molecular complexity index is 377. The molecule has 6 nitrogen and oxygen atoms in total. The van der Waals surface area contributed by atoms with Crippen LogP contribution in [0.2, 0.25) is 0 Å². The second-order valence-corrected chi connectivity index (χ2v) is 7.32. The van der Waals surface area contributed by atoms with Crippen molar-refractivity contribution in [3.8, 4) is 0 Å². The first-order valence-electron chi connectivity index (χ1n) is 8.32. The molecule has 2 aliphatic rings. The largest absolute Gasteiger partial charge is 0.444 e. The molecule has 2 heterocycles. The zero-order valence-corrected chi connectivity index (χ0v) is 14.2. The molecule has 0 aromatic carbocycles. The van der Waals surface area contributed by atoms with Gasteiger partial charge < -0.3 is 19.5 Å². The van der Waals surface area contributed by atoms with Gasteiger partial charge in [0.15, 0.2) is 0 Å². The van der Waals surface area contributed by atoms with E-state index in [4.69, 9.17) is 9.47 Å². The summed E-state index contributed by atoms with van der Waals surface area (Å²) in [5.74, 6) is 0. The predicted octanol–water partition coefficient (Wildman–Crippen LogP) is 1.47. The summed E-state index contributed by atoms with van der Waals surface area (Å²) in [6, 6.07) is -0.00135. The Labute approximate surface area is 133 Å². The van der Waals surface area contributed by atoms with Gasteiger partial charge in [0.1, 0.15) is 5.60 Å². The number of hydrogen-bond donors (Lipinski definition) is 1. The maximum atomic E-state index is 12.1. The standard InChI is InChI=1S/C16H30N2O4/c1-5-6-7-21-12-8-17(9-12)13-10-18(11-14(13)19)15(20)22-16(2,3)4/h12-14,19H,5-11H2,1-4H3/t13-,14-/m1/s1. The summed E-state index contributed by atoms with van der Waals surface area (Å²) >= 11 is 0. The third-order valence-electron chi connectivity index (χ3n) is 4.11. The van der Waals surface area contributed by atoms with Gasteiger partial charge in [0.2, 0.25) is 0 Å². The number of carbonyl (C=O) groups is 1. The van der Waals surface area contributed by atoms with Crippen molar-refractivity contribution in [1.82, 2.24) is 9.80 Å². The molecule has 0 aromatic rings. The number of likely N-dealkylation sites (tertiary alicyclic amines) is 2. The molecule has 2 fully saturated rings. The summed E-state index contributed by atoms with van der Waals surface area (Å²) < 4.78 is 11.1. The van der Waals surface area contributed by atoms with Gasteiger partial charge in [0.25, 0.3) is 0 Å². The highest BCUT2D eigenvalue weighted by molar-refractivity contribution is 5.68. The molecular formula is C16H30N2O4. The third kappa shape index (κ3) is 4.57. The molecule has 2 rings (SSSR count). The molecule has 0 saturated carbocycles. The first-order valence-corrected chi connectivity index (χ1v) is 8.32. The lowest BCUT2D eigenvalue weighted by atomic mass is 10.1. The van der Waals surface area contributed by atoms with Crippen molar-refractivity contribution in [3.05, 3.63) is 0 Å². The third-order valence-corrected chi connectivity index (χ3v) is 4.11. The van der Waals surface area contributed by atoms with Crippen molar-refractivity contribution in [2.75, 3.05) is 32.8 Å². The lowest BCUT2D eigenvalue weighted by Crippen LogP contribution is -2.59. The van der Waals surface area contributed by atoms with E-state index in [1.807, 2.05) is 20.8 Å². The van der Waals surface area contributed by atoms with Gasteiger partial charge >= 0.3 is 6.09 Å². The minimum Gasteiger partial charge on any atom is -0.444 e. The molecule has 0 radical (unpaired) electrons. The molecule has 1 N–H and O–H groups in total. The number of unbranched alkanes of at least 4 members (excludes halogenated alkanes) is 1. The van der Waals surface area contributed by atoms with Crippen molar-refractivity contribution >= 4 is 6.09 Å². The molecule has 2 saturated heterocycles. The summed E-state index contributed by atoms with van der Waals surface area (Å²) in [7, 11) is 0. The summed E-state index contributed by atoms with van der Waals surface area (Å²) in [5.41, 5.74) is -0.505. The number of carbonyl (C=O) groups excluding carboxylic acids is 1. The smallest absolute Gasteiger partial charge is 0.410 e. The quantitative estimate of drug-likeness (QED) is 0.779.